The number of carbonyl (C=O) groups is 4. The fourth-order valence-electron chi connectivity index (χ4n) is 13.3. The molecule has 4 aliphatic heterocycles. The van der Waals surface area contributed by atoms with Gasteiger partial charge in [-0.1, -0.05) is 203 Å². The zero-order valence-corrected chi connectivity index (χ0v) is 63.7. The Morgan fingerprint density at radius 2 is 1.09 bits per heavy atom. The van der Waals surface area contributed by atoms with E-state index in [0.29, 0.717) is 19.4 Å². The summed E-state index contributed by atoms with van der Waals surface area (Å²) >= 11 is 0. The lowest BCUT2D eigenvalue weighted by atomic mass is 9.78. The second-order valence-corrected chi connectivity index (χ2v) is 40.4. The summed E-state index contributed by atoms with van der Waals surface area (Å²) in [5.74, 6) is -1.72. The Morgan fingerprint density at radius 3 is 1.65 bits per heavy atom. The maximum absolute atomic E-state index is 14.4. The summed E-state index contributed by atoms with van der Waals surface area (Å²) in [6.07, 6.45) is -12.8. The van der Waals surface area contributed by atoms with Crippen LogP contribution in [0.15, 0.2) is 126 Å². The molecule has 0 radical (unpaired) electrons. The number of azide groups is 1. The van der Waals surface area contributed by atoms with Crippen molar-refractivity contribution in [3.05, 3.63) is 154 Å². The maximum Gasteiger partial charge on any atom is 0.410 e. The van der Waals surface area contributed by atoms with Gasteiger partial charge >= 0.3 is 24.2 Å². The molecule has 0 unspecified atom stereocenters. The molecule has 0 bridgehead atoms. The lowest BCUT2D eigenvalue weighted by Crippen LogP contribution is -2.66. The first-order chi connectivity index (χ1) is 48.0. The van der Waals surface area contributed by atoms with Crippen LogP contribution in [0.4, 0.5) is 14.4 Å². The van der Waals surface area contributed by atoms with Crippen LogP contribution in [0.2, 0.25) is 36.3 Å². The zero-order chi connectivity index (χ0) is 72.8. The Labute approximate surface area is 599 Å². The van der Waals surface area contributed by atoms with Gasteiger partial charge in [-0.15, -0.1) is 0 Å². The van der Waals surface area contributed by atoms with Crippen LogP contribution in [0.25, 0.3) is 10.4 Å². The van der Waals surface area contributed by atoms with E-state index in [9.17, 15) is 24.7 Å². The molecule has 9 rings (SSSR count). The minimum atomic E-state index is -2.66. The van der Waals surface area contributed by atoms with Crippen LogP contribution >= 0.6 is 0 Å². The number of ether oxygens (including phenoxy) is 11. The van der Waals surface area contributed by atoms with Crippen LogP contribution in [0, 0.1) is 29.6 Å². The molecule has 4 heterocycles. The van der Waals surface area contributed by atoms with Crippen molar-refractivity contribution < 1.29 is 80.1 Å². The van der Waals surface area contributed by atoms with Gasteiger partial charge in [0.1, 0.15) is 50.3 Å². The number of fused-ring (bicyclic) bond motifs is 1. The molecule has 4 aromatic rings. The molecule has 101 heavy (non-hydrogen) atoms. The average Bonchev–Trinajstić information content (AvgIpc) is 1.75. The van der Waals surface area contributed by atoms with E-state index in [-0.39, 0.29) is 86.7 Å². The Kier molecular flexibility index (Phi) is 27.5. The van der Waals surface area contributed by atoms with Gasteiger partial charge in [-0.2, -0.15) is 0 Å². The molecule has 23 nitrogen and oxygen atoms in total. The minimum absolute atomic E-state index is 0.0101. The van der Waals surface area contributed by atoms with Gasteiger partial charge < -0.3 is 76.5 Å². The molecule has 0 aromatic heterocycles. The molecule has 4 aromatic carbocycles. The van der Waals surface area contributed by atoms with E-state index in [1.165, 1.54) is 0 Å². The highest BCUT2D eigenvalue weighted by Crippen LogP contribution is 2.48. The Balaban J connectivity index is 1.08. The number of alkyl carbamates (subject to hydrolysis) is 2. The molecule has 3 amide bonds. The normalized spacial score (nSPS) is 29.9. The predicted molar refractivity (Wildman–Crippen MR) is 385 cm³/mol. The van der Waals surface area contributed by atoms with E-state index in [1.807, 2.05) is 135 Å². The van der Waals surface area contributed by atoms with Crippen molar-refractivity contribution in [2.24, 2.45) is 34.7 Å². The summed E-state index contributed by atoms with van der Waals surface area (Å²) < 4.78 is 89.3. The third-order valence-electron chi connectivity index (χ3n) is 21.9. The van der Waals surface area contributed by atoms with Crippen LogP contribution in [0.3, 0.4) is 0 Å². The fraction of sp³-hybridized carbons (Fsp3) is 0.632. The summed E-state index contributed by atoms with van der Waals surface area (Å²) in [5, 5.41) is 9.70. The summed E-state index contributed by atoms with van der Waals surface area (Å²) in [6.45, 7) is 32.4. The van der Waals surface area contributed by atoms with Crippen molar-refractivity contribution in [1.82, 2.24) is 15.5 Å². The van der Waals surface area contributed by atoms with Gasteiger partial charge in [0.05, 0.1) is 56.1 Å². The van der Waals surface area contributed by atoms with Gasteiger partial charge in [0.2, 0.25) is 0 Å². The highest BCUT2D eigenvalue weighted by atomic mass is 28.4. The maximum atomic E-state index is 14.4. The minimum Gasteiger partial charge on any atom is -0.459 e. The number of carbonyl (C=O) groups excluding carboxylic acids is 4. The predicted octanol–water partition coefficient (Wildman–Crippen LogP) is 14.2. The highest BCUT2D eigenvalue weighted by molar-refractivity contribution is 6.74. The second kappa shape index (κ2) is 35.3. The van der Waals surface area contributed by atoms with Crippen LogP contribution < -0.4 is 10.6 Å². The molecule has 4 saturated heterocycles. The number of rotatable bonds is 29. The van der Waals surface area contributed by atoms with Crippen molar-refractivity contribution >= 4 is 40.9 Å². The molecule has 5 aliphatic rings. The van der Waals surface area contributed by atoms with Gasteiger partial charge in [-0.25, -0.2) is 14.4 Å². The first-order valence-corrected chi connectivity index (χ1v) is 41.9. The number of esters is 1. The third-order valence-corrected chi connectivity index (χ3v) is 30.8. The van der Waals surface area contributed by atoms with Crippen molar-refractivity contribution in [1.29, 1.82) is 0 Å². The highest BCUT2D eigenvalue weighted by Gasteiger charge is 2.60. The Hall–Kier alpha value is -6.46. The summed E-state index contributed by atoms with van der Waals surface area (Å²) in [7, 11) is -5.27. The zero-order valence-electron chi connectivity index (χ0n) is 61.7. The third kappa shape index (κ3) is 20.7. The van der Waals surface area contributed by atoms with Gasteiger partial charge in [-0.3, -0.25) is 4.79 Å². The van der Waals surface area contributed by atoms with Crippen LogP contribution in [0.1, 0.15) is 118 Å². The first-order valence-electron chi connectivity index (χ1n) is 36.1. The lowest BCUT2D eigenvalue weighted by Gasteiger charge is -2.53. The molecular formula is C76H110N6O17Si2. The largest absolute Gasteiger partial charge is 0.459 e. The van der Waals surface area contributed by atoms with Crippen molar-refractivity contribution in [2.75, 3.05) is 32.8 Å². The van der Waals surface area contributed by atoms with Gasteiger partial charge in [-0.05, 0) is 95.1 Å². The SMILES string of the molecule is CC[C@H]1O[C@@H](O[C@@H]2[C@H]3OC(=O)C[C@@H]3C[C@H](NC(=O)OCc3ccccc3)[C@H]2O[C@H]2O[C@H](CN=[N+]=[N-])[C@@H](O[Si](C)(C)C(C)(C)C)[C@H](O[Si](C)(C)C(C)(C)C)[C@H]2C)[C@H](OCCN(CCc2ccccc2)C(=O)OCc2ccccc2)[C@@H]1O[C@H]1O[C@@H](CNC(=O)OCc2ccccc2)[C@@H](C)[C@H](C)[C@H]1C. The molecule has 19 atom stereocenters. The quantitative estimate of drug-likeness (QED) is 0.0128. The summed E-state index contributed by atoms with van der Waals surface area (Å²) in [5.41, 5.74) is 13.4. The molecule has 554 valence electrons. The van der Waals surface area contributed by atoms with Crippen molar-refractivity contribution in [2.45, 2.75) is 244 Å². The molecule has 25 heteroatoms. The molecule has 1 saturated carbocycles. The van der Waals surface area contributed by atoms with Crippen LogP contribution in [0.5, 0.6) is 0 Å². The molecule has 2 N–H and O–H groups in total. The monoisotopic (exact) mass is 1430 g/mol. The fourth-order valence-corrected chi connectivity index (χ4v) is 16.0. The topological polar surface area (TPSA) is 264 Å². The average molecular weight is 1440 g/mol. The van der Waals surface area contributed by atoms with E-state index in [0.717, 1.165) is 22.3 Å². The molecular weight excluding hydrogens is 1330 g/mol. The number of hydrogen-bond acceptors (Lipinski definition) is 18. The molecule has 1 aliphatic carbocycles. The number of hydrogen-bond donors (Lipinski definition) is 2. The Morgan fingerprint density at radius 1 is 0.584 bits per heavy atom. The number of nitrogens with zero attached hydrogens (tertiary/aromatic N) is 4. The van der Waals surface area contributed by atoms with Crippen molar-refractivity contribution in [3.63, 3.8) is 0 Å². The standard InChI is InChI=1S/C76H110N6O17Si2/c1-16-58-65(96-69-50(4)48(2)49(3)59(92-69)43-78-72(84)88-45-53-31-23-18-24-32-53)68(87-40-39-82(38-37-52-29-21-17-22-30-52)74(86)90-47-55-35-27-20-28-36-55)71(91-58)97-67-63-56(42-61(83)94-63)41-57(80-73(85)89-46-54-33-25-19-26-34-54)64(67)95-70-51(5)62(98-100(12,13)75(6,7)8)66(60(93-70)44-79-81-77)99-101(14,15)76(9,10)11/h17-36,48-51,56-60,62-71H,16,37-47H2,1-15H3,(H,78,84)(H,80,85)/t48-,49-,50+,51+,56-,57-,58+,59-,60+,62+,63-,64+,65+,66+,67+,68+,69+,70+,71-/m0/s1. The molecule has 0 spiro atoms. The number of nitrogens with one attached hydrogen (secondary N) is 2. The van der Waals surface area contributed by atoms with Crippen molar-refractivity contribution in [3.8, 4) is 0 Å². The van der Waals surface area contributed by atoms with E-state index in [1.54, 1.807) is 4.90 Å². The van der Waals surface area contributed by atoms with Gasteiger partial charge in [0.15, 0.2) is 35.5 Å². The first kappa shape index (κ1) is 78.7. The van der Waals surface area contributed by atoms with E-state index in [2.05, 4.69) is 109 Å². The second-order valence-electron chi connectivity index (χ2n) is 30.9. The number of amides is 3. The van der Waals surface area contributed by atoms with Gasteiger partial charge in [0, 0.05) is 42.3 Å². The van der Waals surface area contributed by atoms with Crippen LogP contribution in [-0.2, 0) is 92.0 Å². The van der Waals surface area contributed by atoms with Gasteiger partial charge in [0.25, 0.3) is 0 Å². The summed E-state index contributed by atoms with van der Waals surface area (Å²) in [6, 6.07) is 37.2. The summed E-state index contributed by atoms with van der Waals surface area (Å²) in [4.78, 5) is 60.7. The molecule has 5 fully saturated rings. The number of benzene rings is 4. The van der Waals surface area contributed by atoms with E-state index >= 15 is 0 Å². The smallest absolute Gasteiger partial charge is 0.410 e. The van der Waals surface area contributed by atoms with Crippen LogP contribution in [-0.4, -0.2) is 165 Å². The lowest BCUT2D eigenvalue weighted by molar-refractivity contribution is -0.317. The van der Waals surface area contributed by atoms with E-state index in [4.69, 9.17) is 61.0 Å². The Bertz CT molecular complexity index is 3330. The van der Waals surface area contributed by atoms with E-state index < -0.39 is 139 Å².